The SMILES string of the molecule is O=S(=O)([O-])[O-].[Cu+2].[Na+].[OH-]. The quantitative estimate of drug-likeness (QED) is 0.222. The molecule has 0 saturated carbocycles. The van der Waals surface area contributed by atoms with Gasteiger partial charge in [-0.25, -0.2) is 0 Å². The molecule has 8 heavy (non-hydrogen) atoms. The van der Waals surface area contributed by atoms with Gasteiger partial charge in [0.05, 0.1) is 0 Å². The van der Waals surface area contributed by atoms with Crippen molar-refractivity contribution < 1.29 is 69.6 Å². The van der Waals surface area contributed by atoms with Gasteiger partial charge in [-0.1, -0.05) is 0 Å². The first-order chi connectivity index (χ1) is 2.00. The Morgan fingerprint density at radius 3 is 1.12 bits per heavy atom. The van der Waals surface area contributed by atoms with Gasteiger partial charge in [-0.15, -0.1) is 0 Å². The van der Waals surface area contributed by atoms with Crippen LogP contribution in [0.1, 0.15) is 0 Å². The van der Waals surface area contributed by atoms with Gasteiger partial charge in [-0.3, -0.25) is 8.42 Å². The van der Waals surface area contributed by atoms with Crippen LogP contribution in [0, 0.1) is 0 Å². The van der Waals surface area contributed by atoms with Gasteiger partial charge in [0.1, 0.15) is 0 Å². The van der Waals surface area contributed by atoms with E-state index in [1.54, 1.807) is 0 Å². The van der Waals surface area contributed by atoms with Gasteiger partial charge in [0.2, 0.25) is 0 Å². The van der Waals surface area contributed by atoms with Crippen LogP contribution >= 0.6 is 0 Å². The van der Waals surface area contributed by atoms with Crippen LogP contribution in [0.25, 0.3) is 0 Å². The molecule has 0 aromatic heterocycles. The van der Waals surface area contributed by atoms with Gasteiger partial charge >= 0.3 is 46.6 Å². The molecule has 8 heteroatoms. The van der Waals surface area contributed by atoms with E-state index in [4.69, 9.17) is 17.5 Å². The Bertz CT molecular complexity index is 95.6. The second-order valence-corrected chi connectivity index (χ2v) is 1.22. The summed E-state index contributed by atoms with van der Waals surface area (Å²) in [6.45, 7) is 0. The third-order valence-electron chi connectivity index (χ3n) is 0. The van der Waals surface area contributed by atoms with Gasteiger partial charge < -0.3 is 14.6 Å². The maximum atomic E-state index is 8.52. The molecule has 0 unspecified atom stereocenters. The summed E-state index contributed by atoms with van der Waals surface area (Å²) in [5.41, 5.74) is 0. The van der Waals surface area contributed by atoms with E-state index in [9.17, 15) is 0 Å². The number of hydrogen-bond acceptors (Lipinski definition) is 5. The fourth-order valence-corrected chi connectivity index (χ4v) is 0. The fraction of sp³-hybridized carbons (Fsp3) is 0. The summed E-state index contributed by atoms with van der Waals surface area (Å²) in [7, 11) is -5.17. The Hall–Kier alpha value is 1.35. The first-order valence-electron chi connectivity index (χ1n) is 0.667. The largest absolute Gasteiger partial charge is 2.00 e. The number of hydrogen-bond donors (Lipinski definition) is 0. The predicted molar refractivity (Wildman–Crippen MR) is 12.4 cm³/mol. The van der Waals surface area contributed by atoms with E-state index in [0.717, 1.165) is 0 Å². The van der Waals surface area contributed by atoms with Crippen molar-refractivity contribution in [2.45, 2.75) is 0 Å². The van der Waals surface area contributed by atoms with E-state index in [-0.39, 0.29) is 52.1 Å². The molecule has 0 aliphatic rings. The van der Waals surface area contributed by atoms with Gasteiger partial charge in [0, 0.05) is 10.4 Å². The third-order valence-corrected chi connectivity index (χ3v) is 0. The summed E-state index contributed by atoms with van der Waals surface area (Å²) in [6.07, 6.45) is 0. The van der Waals surface area contributed by atoms with Gasteiger partial charge in [0.25, 0.3) is 0 Å². The van der Waals surface area contributed by atoms with Crippen molar-refractivity contribution in [3.63, 3.8) is 0 Å². The monoisotopic (exact) mass is 199 g/mol. The van der Waals surface area contributed by atoms with Crippen LogP contribution in [0.2, 0.25) is 0 Å². The summed E-state index contributed by atoms with van der Waals surface area (Å²) in [5.74, 6) is 0. The van der Waals surface area contributed by atoms with Crippen molar-refractivity contribution in [1.82, 2.24) is 0 Å². The maximum absolute atomic E-state index is 8.52. The molecule has 0 heterocycles. The Morgan fingerprint density at radius 1 is 1.12 bits per heavy atom. The molecule has 0 aliphatic carbocycles. The van der Waals surface area contributed by atoms with E-state index in [0.29, 0.717) is 0 Å². The molecule has 0 rings (SSSR count). The Kier molecular flexibility index (Phi) is 23.8. The zero-order valence-electron chi connectivity index (χ0n) is 3.79. The summed E-state index contributed by atoms with van der Waals surface area (Å²) < 4.78 is 34.1. The van der Waals surface area contributed by atoms with E-state index in [1.165, 1.54) is 0 Å². The van der Waals surface area contributed by atoms with Crippen LogP contribution in [0.5, 0.6) is 0 Å². The van der Waals surface area contributed by atoms with Crippen molar-refractivity contribution >= 4 is 10.4 Å². The van der Waals surface area contributed by atoms with Crippen LogP contribution in [0.3, 0.4) is 0 Å². The minimum atomic E-state index is -5.17. The second kappa shape index (κ2) is 8.35. The van der Waals surface area contributed by atoms with Gasteiger partial charge in [0.15, 0.2) is 0 Å². The third kappa shape index (κ3) is 163. The molecule has 0 spiro atoms. The molecule has 1 radical (unpaired) electrons. The van der Waals surface area contributed by atoms with Crippen LogP contribution in [0.15, 0.2) is 0 Å². The topological polar surface area (TPSA) is 110 Å². The Morgan fingerprint density at radius 2 is 1.12 bits per heavy atom. The minimum absolute atomic E-state index is 0. The molecule has 1 N–H and O–H groups in total. The molecule has 0 saturated heterocycles. The maximum Gasteiger partial charge on any atom is 2.00 e. The molecule has 0 amide bonds. The van der Waals surface area contributed by atoms with Crippen LogP contribution < -0.4 is 29.6 Å². The average molecular weight is 200 g/mol. The normalized spacial score (nSPS) is 7.25. The molecular weight excluding hydrogens is 199 g/mol. The second-order valence-electron chi connectivity index (χ2n) is 0.408. The smallest absolute Gasteiger partial charge is 0.870 e. The first kappa shape index (κ1) is 22.8. The molecule has 5 nitrogen and oxygen atoms in total. The Labute approximate surface area is 79.5 Å². The minimum Gasteiger partial charge on any atom is -0.870 e. The van der Waals surface area contributed by atoms with Crippen LogP contribution in [-0.4, -0.2) is 23.0 Å². The number of rotatable bonds is 0. The molecule has 0 aromatic carbocycles. The zero-order valence-corrected chi connectivity index (χ0v) is 7.55. The predicted octanol–water partition coefficient (Wildman–Crippen LogP) is -4.51. The van der Waals surface area contributed by atoms with Crippen molar-refractivity contribution in [2.24, 2.45) is 0 Å². The van der Waals surface area contributed by atoms with Gasteiger partial charge in [-0.2, -0.15) is 0 Å². The molecule has 49 valence electrons. The zero-order chi connectivity index (χ0) is 4.50. The molecule has 0 fully saturated rings. The first-order valence-corrected chi connectivity index (χ1v) is 2.00. The molecular formula is HCuNaO5S. The van der Waals surface area contributed by atoms with Crippen LogP contribution in [-0.2, 0) is 27.5 Å². The average Bonchev–Trinajstić information content (AvgIpc) is 0.722. The summed E-state index contributed by atoms with van der Waals surface area (Å²) >= 11 is 0. The van der Waals surface area contributed by atoms with E-state index < -0.39 is 10.4 Å². The summed E-state index contributed by atoms with van der Waals surface area (Å²) in [5, 5.41) is 0. The van der Waals surface area contributed by atoms with E-state index in [2.05, 4.69) is 0 Å². The molecule has 0 aliphatic heterocycles. The standard InChI is InChI=1S/Cu.Na.H2O4S.H2O/c;;1-5(2,3)4;/h;;(H2,1,2,3,4);1H2/q+2;+1;;/p-3. The molecule has 0 atom stereocenters. The van der Waals surface area contributed by atoms with Crippen molar-refractivity contribution in [1.29, 1.82) is 0 Å². The van der Waals surface area contributed by atoms with Crippen LogP contribution in [0.4, 0.5) is 0 Å². The van der Waals surface area contributed by atoms with E-state index >= 15 is 0 Å². The Balaban J connectivity index is -0.0000000267. The summed E-state index contributed by atoms with van der Waals surface area (Å²) in [6, 6.07) is 0. The van der Waals surface area contributed by atoms with Crippen molar-refractivity contribution in [3.05, 3.63) is 0 Å². The fourth-order valence-electron chi connectivity index (χ4n) is 0. The van der Waals surface area contributed by atoms with E-state index in [1.807, 2.05) is 0 Å². The molecule has 0 aromatic rings. The van der Waals surface area contributed by atoms with Crippen molar-refractivity contribution in [3.8, 4) is 0 Å². The summed E-state index contributed by atoms with van der Waals surface area (Å²) in [4.78, 5) is 0. The van der Waals surface area contributed by atoms with Gasteiger partial charge in [-0.05, 0) is 0 Å². The van der Waals surface area contributed by atoms with Crippen molar-refractivity contribution in [2.75, 3.05) is 0 Å². The molecule has 0 bridgehead atoms.